The Balaban J connectivity index is 2.18. The smallest absolute Gasteiger partial charge is 0.246 e. The van der Waals surface area contributed by atoms with Crippen LogP contribution in [0.2, 0.25) is 0 Å². The number of carbonyl (C=O) groups is 3. The predicted octanol–water partition coefficient (Wildman–Crippen LogP) is 1.09. The minimum atomic E-state index is -0.587. The lowest BCUT2D eigenvalue weighted by atomic mass is 9.84. The largest absolute Gasteiger partial charge is 0.343 e. The molecule has 2 rings (SSSR count). The molecular weight excluding hydrogens is 306 g/mol. The summed E-state index contributed by atoms with van der Waals surface area (Å²) in [5, 5.41) is 5.76. The first-order valence-corrected chi connectivity index (χ1v) is 9.15. The molecule has 1 saturated heterocycles. The number of carbonyl (C=O) groups excluding carboxylic acids is 3. The molecule has 1 aliphatic heterocycles. The highest BCUT2D eigenvalue weighted by Gasteiger charge is 2.46. The van der Waals surface area contributed by atoms with Gasteiger partial charge in [-0.1, -0.05) is 26.7 Å². The summed E-state index contributed by atoms with van der Waals surface area (Å²) in [5.41, 5.74) is 0. The maximum Gasteiger partial charge on any atom is 0.246 e. The first-order chi connectivity index (χ1) is 11.4. The Morgan fingerprint density at radius 3 is 2.42 bits per heavy atom. The van der Waals surface area contributed by atoms with Gasteiger partial charge in [0.25, 0.3) is 0 Å². The van der Waals surface area contributed by atoms with Crippen LogP contribution in [0.1, 0.15) is 52.9 Å². The number of likely N-dealkylation sites (N-methyl/N-ethyl adjacent to an activating group) is 1. The van der Waals surface area contributed by atoms with Gasteiger partial charge >= 0.3 is 0 Å². The van der Waals surface area contributed by atoms with Gasteiger partial charge in [-0.25, -0.2) is 0 Å². The van der Waals surface area contributed by atoms with Crippen molar-refractivity contribution in [2.45, 2.75) is 77.0 Å². The second kappa shape index (κ2) is 8.10. The molecule has 0 spiro atoms. The molecule has 0 aromatic carbocycles. The highest BCUT2D eigenvalue weighted by atomic mass is 16.2. The number of hydrogen-bond acceptors (Lipinski definition) is 4. The zero-order valence-corrected chi connectivity index (χ0v) is 15.2. The van der Waals surface area contributed by atoms with Crippen LogP contribution in [0.15, 0.2) is 0 Å². The number of aldehydes is 1. The van der Waals surface area contributed by atoms with Gasteiger partial charge in [0.05, 0.1) is 12.1 Å². The number of fused-ring (bicyclic) bond motifs is 1. The molecule has 0 bridgehead atoms. The van der Waals surface area contributed by atoms with Crippen molar-refractivity contribution in [2.75, 3.05) is 7.05 Å². The Hall–Kier alpha value is -1.43. The molecule has 6 heteroatoms. The van der Waals surface area contributed by atoms with E-state index >= 15 is 0 Å². The summed E-state index contributed by atoms with van der Waals surface area (Å²) in [6.07, 6.45) is 6.02. The van der Waals surface area contributed by atoms with Crippen molar-refractivity contribution in [2.24, 2.45) is 11.8 Å². The van der Waals surface area contributed by atoms with E-state index in [1.165, 1.54) is 6.42 Å². The van der Waals surface area contributed by atoms with Crippen molar-refractivity contribution in [1.82, 2.24) is 15.5 Å². The van der Waals surface area contributed by atoms with E-state index in [2.05, 4.69) is 10.6 Å². The fourth-order valence-corrected chi connectivity index (χ4v) is 4.03. The van der Waals surface area contributed by atoms with Crippen LogP contribution in [0, 0.1) is 11.8 Å². The molecule has 4 unspecified atom stereocenters. The first kappa shape index (κ1) is 18.9. The number of nitrogens with one attached hydrogen (secondary N) is 2. The van der Waals surface area contributed by atoms with Crippen LogP contribution in [0.25, 0.3) is 0 Å². The molecule has 2 amide bonds. The molecule has 1 aliphatic carbocycles. The maximum absolute atomic E-state index is 13.2. The average molecular weight is 337 g/mol. The Morgan fingerprint density at radius 1 is 1.17 bits per heavy atom. The van der Waals surface area contributed by atoms with Crippen molar-refractivity contribution in [3.8, 4) is 0 Å². The molecule has 24 heavy (non-hydrogen) atoms. The zero-order valence-electron chi connectivity index (χ0n) is 15.2. The Bertz CT molecular complexity index is 480. The van der Waals surface area contributed by atoms with Crippen LogP contribution in [-0.4, -0.2) is 54.2 Å². The van der Waals surface area contributed by atoms with Crippen LogP contribution in [0.5, 0.6) is 0 Å². The molecule has 1 saturated carbocycles. The Kier molecular flexibility index (Phi) is 6.38. The van der Waals surface area contributed by atoms with Gasteiger partial charge < -0.3 is 20.3 Å². The summed E-state index contributed by atoms with van der Waals surface area (Å²) in [6.45, 7) is 5.62. The van der Waals surface area contributed by atoms with Crippen LogP contribution in [0.3, 0.4) is 0 Å². The van der Waals surface area contributed by atoms with Crippen LogP contribution >= 0.6 is 0 Å². The van der Waals surface area contributed by atoms with E-state index in [0.29, 0.717) is 5.92 Å². The second-order valence-corrected chi connectivity index (χ2v) is 7.54. The van der Waals surface area contributed by atoms with E-state index in [0.717, 1.165) is 32.0 Å². The van der Waals surface area contributed by atoms with E-state index < -0.39 is 6.04 Å². The lowest BCUT2D eigenvalue weighted by molar-refractivity contribution is -0.142. The Morgan fingerprint density at radius 2 is 1.83 bits per heavy atom. The minimum Gasteiger partial charge on any atom is -0.343 e. The molecule has 0 radical (unpaired) electrons. The predicted molar refractivity (Wildman–Crippen MR) is 92.4 cm³/mol. The fourth-order valence-electron chi connectivity index (χ4n) is 4.03. The SMILES string of the molecule is CN[C@@H](C)C(=O)NC(C(=O)N1C(C=O)CC2CCCCC21)C(C)C. The number of likely N-dealkylation sites (tertiary alicyclic amines) is 1. The lowest BCUT2D eigenvalue weighted by Crippen LogP contribution is -2.57. The number of rotatable bonds is 6. The van der Waals surface area contributed by atoms with Crippen molar-refractivity contribution < 1.29 is 14.4 Å². The molecule has 0 aromatic heterocycles. The van der Waals surface area contributed by atoms with Gasteiger partial charge in [-0.15, -0.1) is 0 Å². The lowest BCUT2D eigenvalue weighted by Gasteiger charge is -2.36. The van der Waals surface area contributed by atoms with Gasteiger partial charge in [0, 0.05) is 6.04 Å². The monoisotopic (exact) mass is 337 g/mol. The maximum atomic E-state index is 13.2. The van der Waals surface area contributed by atoms with E-state index in [-0.39, 0.29) is 35.9 Å². The summed E-state index contributed by atoms with van der Waals surface area (Å²) in [7, 11) is 1.71. The third-order valence-corrected chi connectivity index (χ3v) is 5.60. The third-order valence-electron chi connectivity index (χ3n) is 5.60. The van der Waals surface area contributed by atoms with Crippen molar-refractivity contribution in [3.05, 3.63) is 0 Å². The van der Waals surface area contributed by atoms with Crippen molar-refractivity contribution in [3.63, 3.8) is 0 Å². The summed E-state index contributed by atoms with van der Waals surface area (Å²) in [5.74, 6) is 0.109. The quantitative estimate of drug-likeness (QED) is 0.711. The topological polar surface area (TPSA) is 78.5 Å². The zero-order chi connectivity index (χ0) is 17.9. The molecule has 0 aromatic rings. The van der Waals surface area contributed by atoms with Crippen LogP contribution < -0.4 is 10.6 Å². The van der Waals surface area contributed by atoms with Gasteiger partial charge in [-0.2, -0.15) is 0 Å². The molecule has 2 aliphatic rings. The van der Waals surface area contributed by atoms with Gasteiger partial charge in [0.1, 0.15) is 12.3 Å². The van der Waals surface area contributed by atoms with Crippen LogP contribution in [-0.2, 0) is 14.4 Å². The fraction of sp³-hybridized carbons (Fsp3) is 0.833. The van der Waals surface area contributed by atoms with E-state index in [9.17, 15) is 14.4 Å². The highest BCUT2D eigenvalue weighted by Crippen LogP contribution is 2.39. The minimum absolute atomic E-state index is 0.0274. The van der Waals surface area contributed by atoms with Crippen LogP contribution in [0.4, 0.5) is 0 Å². The number of nitrogens with zero attached hydrogens (tertiary/aromatic N) is 1. The molecule has 5 atom stereocenters. The van der Waals surface area contributed by atoms with E-state index in [4.69, 9.17) is 0 Å². The van der Waals surface area contributed by atoms with Gasteiger partial charge in [0.15, 0.2) is 0 Å². The first-order valence-electron chi connectivity index (χ1n) is 9.15. The Labute approximate surface area is 144 Å². The summed E-state index contributed by atoms with van der Waals surface area (Å²) in [6, 6.07) is -1.13. The summed E-state index contributed by atoms with van der Waals surface area (Å²) >= 11 is 0. The highest BCUT2D eigenvalue weighted by molar-refractivity contribution is 5.91. The summed E-state index contributed by atoms with van der Waals surface area (Å²) in [4.78, 5) is 38.7. The van der Waals surface area contributed by atoms with E-state index in [1.807, 2.05) is 13.8 Å². The van der Waals surface area contributed by atoms with E-state index in [1.54, 1.807) is 18.9 Å². The van der Waals surface area contributed by atoms with Gasteiger partial charge in [-0.05, 0) is 45.1 Å². The third kappa shape index (κ3) is 3.79. The number of hydrogen-bond donors (Lipinski definition) is 2. The molecule has 2 fully saturated rings. The molecule has 136 valence electrons. The standard InChI is InChI=1S/C18H31N3O3/c1-11(2)16(20-17(23)12(3)19-4)18(24)21-14(10-22)9-13-7-5-6-8-15(13)21/h10-16,19H,5-9H2,1-4H3,(H,20,23)/t12-,13?,14?,15?,16?/m0/s1. The molecular formula is C18H31N3O3. The van der Waals surface area contributed by atoms with Gasteiger partial charge in [0.2, 0.25) is 11.8 Å². The normalized spacial score (nSPS) is 29.0. The van der Waals surface area contributed by atoms with Crippen molar-refractivity contribution in [1.29, 1.82) is 0 Å². The molecule has 1 heterocycles. The van der Waals surface area contributed by atoms with Gasteiger partial charge in [-0.3, -0.25) is 9.59 Å². The van der Waals surface area contributed by atoms with Crippen molar-refractivity contribution >= 4 is 18.1 Å². The summed E-state index contributed by atoms with van der Waals surface area (Å²) < 4.78 is 0. The second-order valence-electron chi connectivity index (χ2n) is 7.54. The average Bonchev–Trinajstić information content (AvgIpc) is 2.96. The molecule has 2 N–H and O–H groups in total. The molecule has 6 nitrogen and oxygen atoms in total. The number of amides is 2.